The number of rotatable bonds is 9. The highest BCUT2D eigenvalue weighted by molar-refractivity contribution is 6.35. The Balaban J connectivity index is 1.31. The Morgan fingerprint density at radius 2 is 1.84 bits per heavy atom. The quantitative estimate of drug-likeness (QED) is 0.247. The van der Waals surface area contributed by atoms with Crippen LogP contribution >= 0.6 is 23.2 Å². The second-order valence-corrected chi connectivity index (χ2v) is 11.8. The normalized spacial score (nSPS) is 17.6. The van der Waals surface area contributed by atoms with E-state index in [1.165, 1.54) is 0 Å². The van der Waals surface area contributed by atoms with Crippen LogP contribution in [0, 0.1) is 0 Å². The Bertz CT molecular complexity index is 1610. The van der Waals surface area contributed by atoms with Crippen LogP contribution in [-0.2, 0) is 27.2 Å². The molecule has 43 heavy (non-hydrogen) atoms. The molecule has 1 fully saturated rings. The zero-order chi connectivity index (χ0) is 30.5. The number of piperazine rings is 1. The standard InChI is InChI=1S/C32H34Cl2N6O3/c1-20-18-40(31(43)28(35)16-24-8-9-25(33)17-27(24)34)26(10-11-29(41)38-32-36-12-13-37-32)19-39(20)30(42)15-21-6-7-22-4-2-3-5-23(22)14-21/h2-9,12-14,17,20,26,28H,10-11,15-16,18-19,35H2,1H3,(H2,36,37,38,41). The first-order chi connectivity index (χ1) is 20.7. The molecule has 0 bridgehead atoms. The van der Waals surface area contributed by atoms with Gasteiger partial charge >= 0.3 is 0 Å². The topological polar surface area (TPSA) is 124 Å². The fourth-order valence-corrected chi connectivity index (χ4v) is 6.06. The van der Waals surface area contributed by atoms with Gasteiger partial charge in [0.1, 0.15) is 0 Å². The molecular weight excluding hydrogens is 587 g/mol. The van der Waals surface area contributed by atoms with E-state index in [1.807, 2.05) is 54.3 Å². The van der Waals surface area contributed by atoms with Gasteiger partial charge < -0.3 is 20.5 Å². The zero-order valence-corrected chi connectivity index (χ0v) is 25.3. The van der Waals surface area contributed by atoms with Gasteiger partial charge in [-0.2, -0.15) is 0 Å². The molecule has 4 aromatic rings. The van der Waals surface area contributed by atoms with Gasteiger partial charge in [0.15, 0.2) is 0 Å². The maximum Gasteiger partial charge on any atom is 0.240 e. The maximum absolute atomic E-state index is 13.7. The number of carbonyl (C=O) groups is 3. The van der Waals surface area contributed by atoms with Gasteiger partial charge in [-0.05, 0) is 53.8 Å². The summed E-state index contributed by atoms with van der Waals surface area (Å²) in [6.07, 6.45) is 4.12. The summed E-state index contributed by atoms with van der Waals surface area (Å²) in [6, 6.07) is 17.7. The van der Waals surface area contributed by atoms with Crippen molar-refractivity contribution in [2.45, 2.75) is 50.7 Å². The van der Waals surface area contributed by atoms with Crippen molar-refractivity contribution in [3.05, 3.63) is 94.2 Å². The van der Waals surface area contributed by atoms with E-state index < -0.39 is 12.1 Å². The van der Waals surface area contributed by atoms with Crippen LogP contribution in [0.2, 0.25) is 10.0 Å². The van der Waals surface area contributed by atoms with Crippen LogP contribution in [0.15, 0.2) is 73.1 Å². The molecule has 1 aliphatic rings. The fraction of sp³-hybridized carbons (Fsp3) is 0.312. The number of hydrogen-bond acceptors (Lipinski definition) is 5. The lowest BCUT2D eigenvalue weighted by atomic mass is 9.98. The van der Waals surface area contributed by atoms with Crippen molar-refractivity contribution < 1.29 is 14.4 Å². The number of imidazole rings is 1. The molecule has 1 aromatic heterocycles. The summed E-state index contributed by atoms with van der Waals surface area (Å²) < 4.78 is 0. The van der Waals surface area contributed by atoms with Crippen molar-refractivity contribution in [1.29, 1.82) is 0 Å². The Hall–Kier alpha value is -3.92. The molecule has 4 N–H and O–H groups in total. The number of hydrogen-bond donors (Lipinski definition) is 3. The van der Waals surface area contributed by atoms with Gasteiger partial charge in [0.05, 0.1) is 12.5 Å². The summed E-state index contributed by atoms with van der Waals surface area (Å²) in [6.45, 7) is 2.52. The predicted molar refractivity (Wildman–Crippen MR) is 169 cm³/mol. The second kappa shape index (κ2) is 13.6. The van der Waals surface area contributed by atoms with E-state index in [0.717, 1.165) is 21.9 Å². The van der Waals surface area contributed by atoms with Gasteiger partial charge in [-0.25, -0.2) is 4.98 Å². The lowest BCUT2D eigenvalue weighted by Crippen LogP contribution is -2.63. The Morgan fingerprint density at radius 1 is 1.05 bits per heavy atom. The highest BCUT2D eigenvalue weighted by atomic mass is 35.5. The molecule has 9 nitrogen and oxygen atoms in total. The number of nitrogens with one attached hydrogen (secondary N) is 2. The molecule has 0 spiro atoms. The molecular formula is C32H34Cl2N6O3. The Morgan fingerprint density at radius 3 is 2.58 bits per heavy atom. The summed E-state index contributed by atoms with van der Waals surface area (Å²) in [7, 11) is 0. The number of fused-ring (bicyclic) bond motifs is 1. The number of benzene rings is 3. The third-order valence-electron chi connectivity index (χ3n) is 7.85. The summed E-state index contributed by atoms with van der Waals surface area (Å²) in [4.78, 5) is 50.5. The van der Waals surface area contributed by atoms with Gasteiger partial charge in [0, 0.05) is 54.0 Å². The van der Waals surface area contributed by atoms with Gasteiger partial charge in [0.2, 0.25) is 23.7 Å². The monoisotopic (exact) mass is 620 g/mol. The highest BCUT2D eigenvalue weighted by Crippen LogP contribution is 2.25. The van der Waals surface area contributed by atoms with Crippen LogP contribution in [-0.4, -0.2) is 68.7 Å². The minimum atomic E-state index is -0.856. The first kappa shape index (κ1) is 30.5. The van der Waals surface area contributed by atoms with E-state index in [-0.39, 0.29) is 43.0 Å². The lowest BCUT2D eigenvalue weighted by molar-refractivity contribution is -0.147. The summed E-state index contributed by atoms with van der Waals surface area (Å²) in [5.74, 6) is -0.176. The summed E-state index contributed by atoms with van der Waals surface area (Å²) in [5, 5.41) is 5.86. The van der Waals surface area contributed by atoms with Gasteiger partial charge in [-0.3, -0.25) is 19.7 Å². The van der Waals surface area contributed by atoms with Crippen LogP contribution in [0.5, 0.6) is 0 Å². The number of halogens is 2. The van der Waals surface area contributed by atoms with Crippen molar-refractivity contribution in [3.63, 3.8) is 0 Å². The second-order valence-electron chi connectivity index (χ2n) is 11.0. The molecule has 224 valence electrons. The smallest absolute Gasteiger partial charge is 0.240 e. The van der Waals surface area contributed by atoms with E-state index in [2.05, 4.69) is 15.3 Å². The van der Waals surface area contributed by atoms with Gasteiger partial charge in [-0.15, -0.1) is 0 Å². The Labute approximate surface area is 260 Å². The van der Waals surface area contributed by atoms with Gasteiger partial charge in [-0.1, -0.05) is 71.7 Å². The number of aromatic nitrogens is 2. The maximum atomic E-state index is 13.7. The molecule has 3 aromatic carbocycles. The molecule has 1 saturated heterocycles. The largest absolute Gasteiger partial charge is 0.336 e. The molecule has 0 aliphatic carbocycles. The number of H-pyrrole nitrogens is 1. The fourth-order valence-electron chi connectivity index (χ4n) is 5.58. The minimum Gasteiger partial charge on any atom is -0.336 e. The average Bonchev–Trinajstić information content (AvgIpc) is 3.50. The van der Waals surface area contributed by atoms with Crippen LogP contribution < -0.4 is 11.1 Å². The van der Waals surface area contributed by atoms with Crippen molar-refractivity contribution in [1.82, 2.24) is 19.8 Å². The summed E-state index contributed by atoms with van der Waals surface area (Å²) >= 11 is 12.4. The molecule has 2 heterocycles. The van der Waals surface area contributed by atoms with Crippen molar-refractivity contribution in [3.8, 4) is 0 Å². The molecule has 5 rings (SSSR count). The summed E-state index contributed by atoms with van der Waals surface area (Å²) in [5.41, 5.74) is 8.07. The van der Waals surface area contributed by atoms with Crippen LogP contribution in [0.3, 0.4) is 0 Å². The van der Waals surface area contributed by atoms with Crippen LogP contribution in [0.25, 0.3) is 10.8 Å². The number of nitrogens with zero attached hydrogens (tertiary/aromatic N) is 3. The zero-order valence-electron chi connectivity index (χ0n) is 23.8. The van der Waals surface area contributed by atoms with Crippen LogP contribution in [0.4, 0.5) is 5.95 Å². The van der Waals surface area contributed by atoms with E-state index in [1.54, 1.807) is 35.5 Å². The first-order valence-electron chi connectivity index (χ1n) is 14.2. The highest BCUT2D eigenvalue weighted by Gasteiger charge is 2.38. The van der Waals surface area contributed by atoms with E-state index in [0.29, 0.717) is 35.5 Å². The van der Waals surface area contributed by atoms with E-state index in [4.69, 9.17) is 28.9 Å². The van der Waals surface area contributed by atoms with Crippen molar-refractivity contribution in [2.24, 2.45) is 5.73 Å². The molecule has 1 aliphatic heterocycles. The Kier molecular flexibility index (Phi) is 9.65. The van der Waals surface area contributed by atoms with Crippen molar-refractivity contribution in [2.75, 3.05) is 18.4 Å². The number of anilines is 1. The SMILES string of the molecule is CC1CN(C(=O)C(N)Cc2ccc(Cl)cc2Cl)C(CCC(=O)Nc2ncc[nH]2)CN1C(=O)Cc1ccc2ccccc2c1. The predicted octanol–water partition coefficient (Wildman–Crippen LogP) is 4.83. The first-order valence-corrected chi connectivity index (χ1v) is 15.0. The lowest BCUT2D eigenvalue weighted by Gasteiger charge is -2.46. The minimum absolute atomic E-state index is 0.0304. The average molecular weight is 622 g/mol. The van der Waals surface area contributed by atoms with Crippen LogP contribution in [0.1, 0.15) is 30.9 Å². The molecule has 3 amide bonds. The molecule has 11 heteroatoms. The van der Waals surface area contributed by atoms with E-state index >= 15 is 0 Å². The number of aromatic amines is 1. The number of amides is 3. The van der Waals surface area contributed by atoms with Crippen molar-refractivity contribution >= 4 is 57.6 Å². The van der Waals surface area contributed by atoms with Gasteiger partial charge in [0.25, 0.3) is 0 Å². The molecule has 3 atom stereocenters. The molecule has 0 saturated carbocycles. The molecule has 3 unspecified atom stereocenters. The number of carbonyl (C=O) groups excluding carboxylic acids is 3. The third kappa shape index (κ3) is 7.54. The number of nitrogens with two attached hydrogens (primary N) is 1. The third-order valence-corrected chi connectivity index (χ3v) is 8.43. The molecule has 0 radical (unpaired) electrons. The van der Waals surface area contributed by atoms with E-state index in [9.17, 15) is 14.4 Å².